The van der Waals surface area contributed by atoms with Crippen LogP contribution < -0.4 is 5.32 Å². The molecule has 0 aliphatic carbocycles. The molecule has 0 atom stereocenters. The minimum absolute atomic E-state index is 0.227. The zero-order valence-electron chi connectivity index (χ0n) is 11.7. The van der Waals surface area contributed by atoms with Crippen LogP contribution >= 0.6 is 15.9 Å². The average Bonchev–Trinajstić information content (AvgIpc) is 2.81. The van der Waals surface area contributed by atoms with E-state index in [1.54, 1.807) is 12.3 Å². The van der Waals surface area contributed by atoms with Gasteiger partial charge in [0.25, 0.3) is 0 Å². The number of aromatic nitrogens is 2. The Kier molecular flexibility index (Phi) is 5.31. The van der Waals surface area contributed by atoms with Crippen LogP contribution in [0.2, 0.25) is 0 Å². The monoisotopic (exact) mass is 339 g/mol. The molecule has 0 bridgehead atoms. The van der Waals surface area contributed by atoms with Crippen LogP contribution in [0.5, 0.6) is 0 Å². The molecule has 108 valence electrons. The first-order valence-electron chi connectivity index (χ1n) is 6.71. The highest BCUT2D eigenvalue weighted by Crippen LogP contribution is 2.19. The van der Waals surface area contributed by atoms with Gasteiger partial charge in [0.1, 0.15) is 5.82 Å². The minimum Gasteiger partial charge on any atom is -0.311 e. The minimum atomic E-state index is -0.227. The summed E-state index contributed by atoms with van der Waals surface area (Å²) in [5.41, 5.74) is 1.99. The molecule has 1 N–H and O–H groups in total. The van der Waals surface area contributed by atoms with Crippen molar-refractivity contribution in [1.82, 2.24) is 15.1 Å². The number of halogens is 2. The summed E-state index contributed by atoms with van der Waals surface area (Å²) in [5, 5.41) is 7.71. The lowest BCUT2D eigenvalue weighted by atomic mass is 10.2. The Hall–Kier alpha value is -1.20. The maximum Gasteiger partial charge on any atom is 0.123 e. The smallest absolute Gasteiger partial charge is 0.123 e. The van der Waals surface area contributed by atoms with Gasteiger partial charge in [0, 0.05) is 17.2 Å². The Morgan fingerprint density at radius 2 is 2.15 bits per heavy atom. The first-order chi connectivity index (χ1) is 9.56. The van der Waals surface area contributed by atoms with Crippen molar-refractivity contribution in [2.45, 2.75) is 26.9 Å². The fraction of sp³-hybridized carbons (Fsp3) is 0.400. The lowest BCUT2D eigenvalue weighted by Crippen LogP contribution is -2.21. The van der Waals surface area contributed by atoms with Crippen molar-refractivity contribution < 1.29 is 4.39 Å². The molecule has 1 heterocycles. The van der Waals surface area contributed by atoms with Crippen LogP contribution in [0.4, 0.5) is 4.39 Å². The van der Waals surface area contributed by atoms with Crippen molar-refractivity contribution >= 4 is 15.9 Å². The lowest BCUT2D eigenvalue weighted by Gasteiger charge is -2.11. The normalized spacial score (nSPS) is 11.2. The SMILES string of the molecule is CC(C)CNCc1ccnn1Cc1cc(F)ccc1Br. The Labute approximate surface area is 127 Å². The maximum atomic E-state index is 13.3. The van der Waals surface area contributed by atoms with Crippen LogP contribution in [0.25, 0.3) is 0 Å². The topological polar surface area (TPSA) is 29.9 Å². The average molecular weight is 340 g/mol. The fourth-order valence-corrected chi connectivity index (χ4v) is 2.34. The molecule has 0 aliphatic heterocycles. The summed E-state index contributed by atoms with van der Waals surface area (Å²) in [6.45, 7) is 6.65. The van der Waals surface area contributed by atoms with E-state index in [1.165, 1.54) is 12.1 Å². The summed E-state index contributed by atoms with van der Waals surface area (Å²) in [4.78, 5) is 0. The van der Waals surface area contributed by atoms with E-state index in [-0.39, 0.29) is 5.82 Å². The van der Waals surface area contributed by atoms with E-state index in [2.05, 4.69) is 40.2 Å². The van der Waals surface area contributed by atoms with Gasteiger partial charge >= 0.3 is 0 Å². The third-order valence-electron chi connectivity index (χ3n) is 2.99. The van der Waals surface area contributed by atoms with Crippen molar-refractivity contribution in [2.24, 2.45) is 5.92 Å². The van der Waals surface area contributed by atoms with E-state index in [0.29, 0.717) is 12.5 Å². The molecule has 0 saturated carbocycles. The number of nitrogens with zero attached hydrogens (tertiary/aromatic N) is 2. The molecule has 0 radical (unpaired) electrons. The zero-order valence-corrected chi connectivity index (χ0v) is 13.3. The molecule has 1 aromatic carbocycles. The molecule has 2 rings (SSSR count). The second-order valence-corrected chi connectivity index (χ2v) is 6.10. The molecule has 0 amide bonds. The zero-order chi connectivity index (χ0) is 14.5. The molecule has 5 heteroatoms. The summed E-state index contributed by atoms with van der Waals surface area (Å²) in [7, 11) is 0. The third-order valence-corrected chi connectivity index (χ3v) is 3.76. The van der Waals surface area contributed by atoms with E-state index in [4.69, 9.17) is 0 Å². The van der Waals surface area contributed by atoms with Crippen LogP contribution in [0.15, 0.2) is 34.9 Å². The molecular weight excluding hydrogens is 321 g/mol. The second kappa shape index (κ2) is 6.99. The molecule has 0 saturated heterocycles. The van der Waals surface area contributed by atoms with E-state index in [1.807, 2.05) is 10.7 Å². The van der Waals surface area contributed by atoms with Gasteiger partial charge in [0.05, 0.1) is 12.2 Å². The van der Waals surface area contributed by atoms with E-state index in [9.17, 15) is 4.39 Å². The summed E-state index contributed by atoms with van der Waals surface area (Å²) < 4.78 is 16.1. The predicted molar refractivity (Wildman–Crippen MR) is 82.0 cm³/mol. The summed E-state index contributed by atoms with van der Waals surface area (Å²) >= 11 is 3.45. The van der Waals surface area contributed by atoms with Crippen molar-refractivity contribution in [3.05, 3.63) is 52.0 Å². The first kappa shape index (κ1) is 15.2. The van der Waals surface area contributed by atoms with E-state index >= 15 is 0 Å². The first-order valence-corrected chi connectivity index (χ1v) is 7.51. The molecule has 3 nitrogen and oxygen atoms in total. The van der Waals surface area contributed by atoms with Gasteiger partial charge in [-0.15, -0.1) is 0 Å². The van der Waals surface area contributed by atoms with E-state index in [0.717, 1.165) is 28.8 Å². The molecule has 0 fully saturated rings. The van der Waals surface area contributed by atoms with Gasteiger partial charge in [-0.3, -0.25) is 4.68 Å². The largest absolute Gasteiger partial charge is 0.311 e. The van der Waals surface area contributed by atoms with Crippen molar-refractivity contribution in [2.75, 3.05) is 6.54 Å². The van der Waals surface area contributed by atoms with Gasteiger partial charge < -0.3 is 5.32 Å². The Morgan fingerprint density at radius 1 is 1.35 bits per heavy atom. The molecule has 2 aromatic rings. The van der Waals surface area contributed by atoms with Gasteiger partial charge in [-0.25, -0.2) is 4.39 Å². The molecule has 0 aliphatic rings. The molecule has 20 heavy (non-hydrogen) atoms. The maximum absolute atomic E-state index is 13.3. The summed E-state index contributed by atoms with van der Waals surface area (Å²) in [5.74, 6) is 0.388. The van der Waals surface area contributed by atoms with Crippen LogP contribution in [0.1, 0.15) is 25.1 Å². The number of hydrogen-bond donors (Lipinski definition) is 1. The number of rotatable bonds is 6. The van der Waals surface area contributed by atoms with Gasteiger partial charge in [-0.2, -0.15) is 5.10 Å². The highest BCUT2D eigenvalue weighted by molar-refractivity contribution is 9.10. The van der Waals surface area contributed by atoms with Crippen molar-refractivity contribution in [3.63, 3.8) is 0 Å². The van der Waals surface area contributed by atoms with Crippen LogP contribution in [0.3, 0.4) is 0 Å². The molecule has 0 unspecified atom stereocenters. The highest BCUT2D eigenvalue weighted by Gasteiger charge is 2.07. The molecule has 0 spiro atoms. The highest BCUT2D eigenvalue weighted by atomic mass is 79.9. The van der Waals surface area contributed by atoms with Crippen molar-refractivity contribution in [1.29, 1.82) is 0 Å². The fourth-order valence-electron chi connectivity index (χ4n) is 1.97. The quantitative estimate of drug-likeness (QED) is 0.871. The Morgan fingerprint density at radius 3 is 2.90 bits per heavy atom. The number of benzene rings is 1. The van der Waals surface area contributed by atoms with Crippen LogP contribution in [-0.4, -0.2) is 16.3 Å². The van der Waals surface area contributed by atoms with E-state index < -0.39 is 0 Å². The Bertz CT molecular complexity index is 566. The van der Waals surface area contributed by atoms with Gasteiger partial charge in [-0.05, 0) is 42.3 Å². The summed E-state index contributed by atoms with van der Waals surface area (Å²) in [6, 6.07) is 6.70. The van der Waals surface area contributed by atoms with Gasteiger partial charge in [-0.1, -0.05) is 29.8 Å². The standard InChI is InChI=1S/C15H19BrFN3/c1-11(2)8-18-9-14-5-6-19-20(14)10-12-7-13(17)3-4-15(12)16/h3-7,11,18H,8-10H2,1-2H3. The van der Waals surface area contributed by atoms with Crippen LogP contribution in [-0.2, 0) is 13.1 Å². The lowest BCUT2D eigenvalue weighted by molar-refractivity contribution is 0.528. The third kappa shape index (κ3) is 4.15. The van der Waals surface area contributed by atoms with Gasteiger partial charge in [0.2, 0.25) is 0 Å². The Balaban J connectivity index is 2.06. The number of nitrogens with one attached hydrogen (secondary N) is 1. The predicted octanol–water partition coefficient (Wildman–Crippen LogP) is 3.58. The number of hydrogen-bond acceptors (Lipinski definition) is 2. The summed E-state index contributed by atoms with van der Waals surface area (Å²) in [6.07, 6.45) is 1.78. The van der Waals surface area contributed by atoms with Crippen LogP contribution in [0, 0.1) is 11.7 Å². The second-order valence-electron chi connectivity index (χ2n) is 5.24. The van der Waals surface area contributed by atoms with Crippen molar-refractivity contribution in [3.8, 4) is 0 Å². The molecular formula is C15H19BrFN3. The van der Waals surface area contributed by atoms with Gasteiger partial charge in [0.15, 0.2) is 0 Å². The molecule has 1 aromatic heterocycles.